The second-order valence-corrected chi connectivity index (χ2v) is 6.31. The highest BCUT2D eigenvalue weighted by molar-refractivity contribution is 9.10. The molecule has 104 valence electrons. The number of ether oxygens (including phenoxy) is 1. The molecule has 0 radical (unpaired) electrons. The topological polar surface area (TPSA) is 69.4 Å². The molecule has 0 fully saturated rings. The number of thioether (sulfide) groups is 1. The first-order valence-corrected chi connectivity index (χ1v) is 7.60. The Hall–Kier alpha value is -1.01. The zero-order chi connectivity index (χ0) is 14.4. The molecule has 6 heteroatoms. The maximum atomic E-state index is 11.7. The van der Waals surface area contributed by atoms with Gasteiger partial charge in [0.15, 0.2) is 6.10 Å². The molecule has 0 spiro atoms. The first-order chi connectivity index (χ1) is 8.90. The van der Waals surface area contributed by atoms with Gasteiger partial charge in [-0.3, -0.25) is 9.59 Å². The minimum Gasteiger partial charge on any atom is -0.452 e. The molecule has 0 aromatic heterocycles. The maximum absolute atomic E-state index is 11.7. The molecule has 2 N–H and O–H groups in total. The number of carbonyl (C=O) groups excluding carboxylic acids is 2. The zero-order valence-electron chi connectivity index (χ0n) is 10.8. The number of nitrogens with two attached hydrogens (primary N) is 1. The van der Waals surface area contributed by atoms with Crippen LogP contribution < -0.4 is 5.73 Å². The van der Waals surface area contributed by atoms with Gasteiger partial charge in [-0.05, 0) is 31.5 Å². The third-order valence-corrected chi connectivity index (χ3v) is 4.16. The monoisotopic (exact) mass is 345 g/mol. The van der Waals surface area contributed by atoms with E-state index in [-0.39, 0.29) is 5.25 Å². The molecule has 1 aromatic carbocycles. The highest BCUT2D eigenvalue weighted by Gasteiger charge is 2.20. The van der Waals surface area contributed by atoms with Crippen molar-refractivity contribution in [3.8, 4) is 0 Å². The first kappa shape index (κ1) is 16.0. The average molecular weight is 346 g/mol. The van der Waals surface area contributed by atoms with Gasteiger partial charge in [-0.1, -0.05) is 28.1 Å². The van der Waals surface area contributed by atoms with Crippen LogP contribution in [0.4, 0.5) is 0 Å². The summed E-state index contributed by atoms with van der Waals surface area (Å²) in [6.07, 6.45) is -0.886. The standard InChI is InChI=1S/C13H16BrNO3S/c1-8(12(15)16)18-13(17)9(2)19-7-10-3-5-11(14)6-4-10/h3-6,8-9H,7H2,1-2H3,(H2,15,16)/t8-,9+/m1/s1. The van der Waals surface area contributed by atoms with E-state index in [2.05, 4.69) is 15.9 Å². The summed E-state index contributed by atoms with van der Waals surface area (Å²) in [5.41, 5.74) is 6.16. The van der Waals surface area contributed by atoms with Crippen molar-refractivity contribution in [1.29, 1.82) is 0 Å². The van der Waals surface area contributed by atoms with Crippen molar-refractivity contribution in [2.24, 2.45) is 5.73 Å². The Morgan fingerprint density at radius 2 is 1.89 bits per heavy atom. The number of carbonyl (C=O) groups is 2. The van der Waals surface area contributed by atoms with Gasteiger partial charge in [0.05, 0.1) is 5.25 Å². The van der Waals surface area contributed by atoms with Gasteiger partial charge >= 0.3 is 5.97 Å². The van der Waals surface area contributed by atoms with E-state index in [1.165, 1.54) is 18.7 Å². The Balaban J connectivity index is 2.42. The van der Waals surface area contributed by atoms with Crippen LogP contribution in [0, 0.1) is 0 Å². The fourth-order valence-electron chi connectivity index (χ4n) is 1.20. The quantitative estimate of drug-likeness (QED) is 0.804. The summed E-state index contributed by atoms with van der Waals surface area (Å²) >= 11 is 4.82. The molecule has 0 bridgehead atoms. The predicted octanol–water partition coefficient (Wildman–Crippen LogP) is 2.49. The van der Waals surface area contributed by atoms with Crippen LogP contribution in [0.15, 0.2) is 28.7 Å². The smallest absolute Gasteiger partial charge is 0.319 e. The summed E-state index contributed by atoms with van der Waals surface area (Å²) in [7, 11) is 0. The molecular weight excluding hydrogens is 330 g/mol. The lowest BCUT2D eigenvalue weighted by atomic mass is 10.2. The Morgan fingerprint density at radius 1 is 1.32 bits per heavy atom. The lowest BCUT2D eigenvalue weighted by Gasteiger charge is -2.14. The van der Waals surface area contributed by atoms with Crippen LogP contribution in [0.3, 0.4) is 0 Å². The Bertz CT molecular complexity index is 450. The Morgan fingerprint density at radius 3 is 2.42 bits per heavy atom. The average Bonchev–Trinajstić information content (AvgIpc) is 2.37. The minimum absolute atomic E-state index is 0.342. The van der Waals surface area contributed by atoms with E-state index in [0.29, 0.717) is 5.75 Å². The molecule has 0 heterocycles. The van der Waals surface area contributed by atoms with Crippen LogP contribution in [0.2, 0.25) is 0 Å². The maximum Gasteiger partial charge on any atom is 0.319 e. The normalized spacial score (nSPS) is 13.6. The molecule has 1 aromatic rings. The van der Waals surface area contributed by atoms with Crippen molar-refractivity contribution < 1.29 is 14.3 Å². The number of esters is 1. The van der Waals surface area contributed by atoms with Gasteiger partial charge in [-0.2, -0.15) is 0 Å². The van der Waals surface area contributed by atoms with Gasteiger partial charge in [0.2, 0.25) is 0 Å². The lowest BCUT2D eigenvalue weighted by Crippen LogP contribution is -2.33. The van der Waals surface area contributed by atoms with Crippen molar-refractivity contribution in [3.63, 3.8) is 0 Å². The van der Waals surface area contributed by atoms with Crippen LogP contribution in [-0.2, 0) is 20.1 Å². The molecule has 2 atom stereocenters. The molecule has 0 aliphatic heterocycles. The SMILES string of the molecule is C[C@H](SCc1ccc(Br)cc1)C(=O)O[C@H](C)C(N)=O. The summed E-state index contributed by atoms with van der Waals surface area (Å²) in [4.78, 5) is 22.5. The molecule has 0 saturated heterocycles. The van der Waals surface area contributed by atoms with Gasteiger partial charge in [-0.15, -0.1) is 11.8 Å². The van der Waals surface area contributed by atoms with Crippen molar-refractivity contribution >= 4 is 39.6 Å². The fraction of sp³-hybridized carbons (Fsp3) is 0.385. The van der Waals surface area contributed by atoms with Gasteiger partial charge in [0.25, 0.3) is 5.91 Å². The molecule has 0 saturated carbocycles. The second kappa shape index (κ2) is 7.55. The van der Waals surface area contributed by atoms with Gasteiger partial charge < -0.3 is 10.5 Å². The highest BCUT2D eigenvalue weighted by Crippen LogP contribution is 2.20. The summed E-state index contributed by atoms with van der Waals surface area (Å²) in [5, 5.41) is -0.342. The summed E-state index contributed by atoms with van der Waals surface area (Å²) < 4.78 is 5.96. The van der Waals surface area contributed by atoms with E-state index >= 15 is 0 Å². The van der Waals surface area contributed by atoms with Crippen LogP contribution in [0.1, 0.15) is 19.4 Å². The van der Waals surface area contributed by atoms with E-state index < -0.39 is 18.0 Å². The van der Waals surface area contributed by atoms with Crippen molar-refractivity contribution in [2.45, 2.75) is 31.0 Å². The number of hydrogen-bond acceptors (Lipinski definition) is 4. The third kappa shape index (κ3) is 5.65. The van der Waals surface area contributed by atoms with Crippen molar-refractivity contribution in [2.75, 3.05) is 0 Å². The van der Waals surface area contributed by atoms with E-state index in [1.807, 2.05) is 24.3 Å². The minimum atomic E-state index is -0.886. The number of rotatable bonds is 6. The molecule has 1 amide bonds. The predicted molar refractivity (Wildman–Crippen MR) is 79.6 cm³/mol. The van der Waals surface area contributed by atoms with Crippen molar-refractivity contribution in [1.82, 2.24) is 0 Å². The molecule has 0 aliphatic rings. The Labute approximate surface area is 125 Å². The van der Waals surface area contributed by atoms with Gasteiger partial charge in [0, 0.05) is 10.2 Å². The summed E-state index contributed by atoms with van der Waals surface area (Å²) in [5.74, 6) is -0.360. The van der Waals surface area contributed by atoms with Crippen LogP contribution in [0.25, 0.3) is 0 Å². The molecule has 1 rings (SSSR count). The number of primary amides is 1. The van der Waals surface area contributed by atoms with E-state index in [1.54, 1.807) is 6.92 Å². The number of amides is 1. The van der Waals surface area contributed by atoms with E-state index in [0.717, 1.165) is 10.0 Å². The number of hydrogen-bond donors (Lipinski definition) is 1. The van der Waals surface area contributed by atoms with Crippen LogP contribution in [-0.4, -0.2) is 23.2 Å². The van der Waals surface area contributed by atoms with Crippen molar-refractivity contribution in [3.05, 3.63) is 34.3 Å². The molecular formula is C13H16BrNO3S. The van der Waals surface area contributed by atoms with Crippen LogP contribution >= 0.6 is 27.7 Å². The number of benzene rings is 1. The third-order valence-electron chi connectivity index (χ3n) is 2.44. The largest absolute Gasteiger partial charge is 0.452 e. The molecule has 0 aliphatic carbocycles. The van der Waals surface area contributed by atoms with Crippen LogP contribution in [0.5, 0.6) is 0 Å². The highest BCUT2D eigenvalue weighted by atomic mass is 79.9. The van der Waals surface area contributed by atoms with Gasteiger partial charge in [-0.25, -0.2) is 0 Å². The van der Waals surface area contributed by atoms with E-state index in [4.69, 9.17) is 10.5 Å². The molecule has 19 heavy (non-hydrogen) atoms. The molecule has 4 nitrogen and oxygen atoms in total. The lowest BCUT2D eigenvalue weighted by molar-refractivity contribution is -0.152. The first-order valence-electron chi connectivity index (χ1n) is 5.76. The Kier molecular flexibility index (Phi) is 6.37. The van der Waals surface area contributed by atoms with E-state index in [9.17, 15) is 9.59 Å². The van der Waals surface area contributed by atoms with Gasteiger partial charge in [0.1, 0.15) is 0 Å². The fourth-order valence-corrected chi connectivity index (χ4v) is 2.29. The second-order valence-electron chi connectivity index (χ2n) is 4.06. The summed E-state index contributed by atoms with van der Waals surface area (Å²) in [6.45, 7) is 3.21. The summed E-state index contributed by atoms with van der Waals surface area (Å²) in [6, 6.07) is 7.88. The molecule has 0 unspecified atom stereocenters. The number of halogens is 1. The zero-order valence-corrected chi connectivity index (χ0v) is 13.2.